The summed E-state index contributed by atoms with van der Waals surface area (Å²) in [6.07, 6.45) is 0. The standard InChI is InChI=1S/C17H22N4O3/c1-3-23-11-13-9-21(10-15-17(13)20(2)19-18-15)16(22)12-24-14-7-5-4-6-8-14/h4-8,13H,3,9-12H2,1-2H3/t13-/m1/s1. The number of carbonyl (C=O) groups is 1. The number of ether oxygens (including phenoxy) is 2. The largest absolute Gasteiger partial charge is 0.484 e. The van der Waals surface area contributed by atoms with Gasteiger partial charge in [-0.2, -0.15) is 0 Å². The lowest BCUT2D eigenvalue weighted by atomic mass is 9.99. The van der Waals surface area contributed by atoms with Crippen LogP contribution in [0.15, 0.2) is 30.3 Å². The van der Waals surface area contributed by atoms with Crippen LogP contribution in [0.4, 0.5) is 0 Å². The first-order chi connectivity index (χ1) is 11.7. The summed E-state index contributed by atoms with van der Waals surface area (Å²) >= 11 is 0. The quantitative estimate of drug-likeness (QED) is 0.800. The van der Waals surface area contributed by atoms with Gasteiger partial charge in [0.25, 0.3) is 5.91 Å². The van der Waals surface area contributed by atoms with Crippen molar-refractivity contribution in [2.24, 2.45) is 7.05 Å². The fraction of sp³-hybridized carbons (Fsp3) is 0.471. The Morgan fingerprint density at radius 1 is 1.33 bits per heavy atom. The van der Waals surface area contributed by atoms with Crippen molar-refractivity contribution < 1.29 is 14.3 Å². The van der Waals surface area contributed by atoms with E-state index in [2.05, 4.69) is 10.3 Å². The molecule has 1 amide bonds. The SMILES string of the molecule is CCOC[C@H]1CN(C(=O)COc2ccccc2)Cc2nnn(C)c21. The van der Waals surface area contributed by atoms with Crippen molar-refractivity contribution in [1.82, 2.24) is 19.9 Å². The van der Waals surface area contributed by atoms with Gasteiger partial charge >= 0.3 is 0 Å². The van der Waals surface area contributed by atoms with Crippen LogP contribution in [0.5, 0.6) is 5.75 Å². The maximum absolute atomic E-state index is 12.5. The Morgan fingerprint density at radius 2 is 2.12 bits per heavy atom. The molecule has 0 N–H and O–H groups in total. The topological polar surface area (TPSA) is 69.5 Å². The van der Waals surface area contributed by atoms with Gasteiger partial charge in [-0.05, 0) is 19.1 Å². The van der Waals surface area contributed by atoms with E-state index in [0.29, 0.717) is 32.1 Å². The maximum atomic E-state index is 12.5. The summed E-state index contributed by atoms with van der Waals surface area (Å²) in [5.41, 5.74) is 1.89. The van der Waals surface area contributed by atoms with Gasteiger partial charge < -0.3 is 14.4 Å². The molecule has 1 atom stereocenters. The second kappa shape index (κ2) is 7.44. The highest BCUT2D eigenvalue weighted by molar-refractivity contribution is 5.78. The van der Waals surface area contributed by atoms with Crippen LogP contribution in [-0.4, -0.2) is 52.2 Å². The number of rotatable bonds is 6. The molecular formula is C17H22N4O3. The van der Waals surface area contributed by atoms with Crippen LogP contribution < -0.4 is 4.74 Å². The lowest BCUT2D eigenvalue weighted by Crippen LogP contribution is -2.42. The van der Waals surface area contributed by atoms with Gasteiger partial charge in [0, 0.05) is 26.1 Å². The fourth-order valence-corrected chi connectivity index (χ4v) is 2.95. The number of aromatic nitrogens is 3. The van der Waals surface area contributed by atoms with Crippen molar-refractivity contribution in [3.05, 3.63) is 41.7 Å². The molecule has 1 aromatic carbocycles. The molecular weight excluding hydrogens is 308 g/mol. The van der Waals surface area contributed by atoms with Gasteiger partial charge in [-0.15, -0.1) is 5.10 Å². The van der Waals surface area contributed by atoms with Crippen LogP contribution in [0.1, 0.15) is 24.2 Å². The summed E-state index contributed by atoms with van der Waals surface area (Å²) in [4.78, 5) is 14.3. The fourth-order valence-electron chi connectivity index (χ4n) is 2.95. The number of benzene rings is 1. The smallest absolute Gasteiger partial charge is 0.260 e. The van der Waals surface area contributed by atoms with Crippen LogP contribution in [0.2, 0.25) is 0 Å². The summed E-state index contributed by atoms with van der Waals surface area (Å²) in [5, 5.41) is 8.27. The summed E-state index contributed by atoms with van der Waals surface area (Å²) in [6.45, 7) is 4.22. The highest BCUT2D eigenvalue weighted by atomic mass is 16.5. The molecule has 0 fully saturated rings. The number of carbonyl (C=O) groups excluding carboxylic acids is 1. The number of amides is 1. The van der Waals surface area contributed by atoms with Crippen molar-refractivity contribution >= 4 is 5.91 Å². The molecule has 0 bridgehead atoms. The first kappa shape index (κ1) is 16.4. The highest BCUT2D eigenvalue weighted by Gasteiger charge is 2.32. The Labute approximate surface area is 141 Å². The molecule has 1 aliphatic heterocycles. The lowest BCUT2D eigenvalue weighted by Gasteiger charge is -2.32. The monoisotopic (exact) mass is 330 g/mol. The second-order valence-corrected chi connectivity index (χ2v) is 5.78. The van der Waals surface area contributed by atoms with Crippen LogP contribution in [0.25, 0.3) is 0 Å². The molecule has 2 heterocycles. The Balaban J connectivity index is 1.67. The molecule has 24 heavy (non-hydrogen) atoms. The summed E-state index contributed by atoms with van der Waals surface area (Å²) in [5.74, 6) is 0.708. The first-order valence-corrected chi connectivity index (χ1v) is 8.10. The number of aryl methyl sites for hydroxylation is 1. The van der Waals surface area contributed by atoms with Gasteiger partial charge in [-0.3, -0.25) is 9.48 Å². The predicted octanol–water partition coefficient (Wildman–Crippen LogP) is 1.36. The molecule has 0 saturated carbocycles. The molecule has 0 unspecified atom stereocenters. The minimum absolute atomic E-state index is 0.0148. The van der Waals surface area contributed by atoms with Crippen LogP contribution in [0, 0.1) is 0 Å². The Bertz CT molecular complexity index is 686. The number of hydrogen-bond acceptors (Lipinski definition) is 5. The Kier molecular flexibility index (Phi) is 5.10. The summed E-state index contributed by atoms with van der Waals surface area (Å²) < 4.78 is 12.9. The Hall–Kier alpha value is -2.41. The maximum Gasteiger partial charge on any atom is 0.260 e. The van der Waals surface area contributed by atoms with E-state index in [4.69, 9.17) is 9.47 Å². The van der Waals surface area contributed by atoms with Gasteiger partial charge in [-0.1, -0.05) is 23.4 Å². The van der Waals surface area contributed by atoms with Gasteiger partial charge in [-0.25, -0.2) is 0 Å². The molecule has 0 saturated heterocycles. The van der Waals surface area contributed by atoms with Gasteiger partial charge in [0.15, 0.2) is 6.61 Å². The molecule has 128 valence electrons. The molecule has 0 aliphatic carbocycles. The van der Waals surface area contributed by atoms with Gasteiger partial charge in [0.1, 0.15) is 11.4 Å². The average Bonchev–Trinajstić information content (AvgIpc) is 2.99. The highest BCUT2D eigenvalue weighted by Crippen LogP contribution is 2.27. The van der Waals surface area contributed by atoms with E-state index in [1.54, 1.807) is 9.58 Å². The van der Waals surface area contributed by atoms with E-state index in [1.165, 1.54) is 0 Å². The van der Waals surface area contributed by atoms with E-state index in [1.807, 2.05) is 44.3 Å². The zero-order valence-electron chi connectivity index (χ0n) is 14.0. The third-order valence-electron chi connectivity index (χ3n) is 4.09. The lowest BCUT2D eigenvalue weighted by molar-refractivity contribution is -0.135. The first-order valence-electron chi connectivity index (χ1n) is 8.10. The number of fused-ring (bicyclic) bond motifs is 1. The molecule has 0 spiro atoms. The van der Waals surface area contributed by atoms with Crippen molar-refractivity contribution in [2.75, 3.05) is 26.4 Å². The summed E-state index contributed by atoms with van der Waals surface area (Å²) in [6, 6.07) is 9.34. The molecule has 1 aromatic heterocycles. The minimum atomic E-state index is -0.0587. The van der Waals surface area contributed by atoms with Crippen molar-refractivity contribution in [2.45, 2.75) is 19.4 Å². The van der Waals surface area contributed by atoms with Crippen molar-refractivity contribution in [3.63, 3.8) is 0 Å². The number of hydrogen-bond donors (Lipinski definition) is 0. The number of nitrogens with zero attached hydrogens (tertiary/aromatic N) is 4. The van der Waals surface area contributed by atoms with E-state index in [9.17, 15) is 4.79 Å². The van der Waals surface area contributed by atoms with Crippen molar-refractivity contribution in [1.29, 1.82) is 0 Å². The molecule has 1 aliphatic rings. The predicted molar refractivity (Wildman–Crippen MR) is 87.6 cm³/mol. The zero-order valence-corrected chi connectivity index (χ0v) is 14.0. The van der Waals surface area contributed by atoms with Crippen molar-refractivity contribution in [3.8, 4) is 5.75 Å². The zero-order chi connectivity index (χ0) is 16.9. The molecule has 0 radical (unpaired) electrons. The van der Waals surface area contributed by atoms with E-state index in [0.717, 1.165) is 11.4 Å². The van der Waals surface area contributed by atoms with E-state index >= 15 is 0 Å². The Morgan fingerprint density at radius 3 is 2.88 bits per heavy atom. The van der Waals surface area contributed by atoms with Crippen LogP contribution >= 0.6 is 0 Å². The third-order valence-corrected chi connectivity index (χ3v) is 4.09. The van der Waals surface area contributed by atoms with Crippen LogP contribution in [0.3, 0.4) is 0 Å². The number of para-hydroxylation sites is 1. The normalized spacial score (nSPS) is 16.8. The molecule has 7 nitrogen and oxygen atoms in total. The van der Waals surface area contributed by atoms with Gasteiger partial charge in [0.2, 0.25) is 0 Å². The minimum Gasteiger partial charge on any atom is -0.484 e. The molecule has 3 rings (SSSR count). The molecule has 2 aromatic rings. The average molecular weight is 330 g/mol. The van der Waals surface area contributed by atoms with E-state index < -0.39 is 0 Å². The summed E-state index contributed by atoms with van der Waals surface area (Å²) in [7, 11) is 1.88. The molecule has 7 heteroatoms. The van der Waals surface area contributed by atoms with E-state index in [-0.39, 0.29) is 18.4 Å². The second-order valence-electron chi connectivity index (χ2n) is 5.78. The van der Waals surface area contributed by atoms with Crippen LogP contribution in [-0.2, 0) is 23.1 Å². The third kappa shape index (κ3) is 3.56. The van der Waals surface area contributed by atoms with Gasteiger partial charge in [0.05, 0.1) is 18.8 Å².